The zero-order valence-electron chi connectivity index (χ0n) is 26.0. The molecule has 0 aromatic heterocycles. The Labute approximate surface area is 271 Å². The molecular formula is C35H36N4O8. The van der Waals surface area contributed by atoms with Gasteiger partial charge in [0.25, 0.3) is 11.8 Å². The van der Waals surface area contributed by atoms with E-state index in [4.69, 9.17) is 14.2 Å². The Bertz CT molecular complexity index is 1660. The van der Waals surface area contributed by atoms with Gasteiger partial charge in [-0.25, -0.2) is 4.79 Å². The molecule has 244 valence electrons. The normalized spacial score (nSPS) is 16.9. The number of carbonyl (C=O) groups excluding carboxylic acids is 5. The zero-order valence-corrected chi connectivity index (χ0v) is 26.0. The second kappa shape index (κ2) is 14.1. The molecule has 2 heterocycles. The molecule has 3 aromatic carbocycles. The van der Waals surface area contributed by atoms with Crippen molar-refractivity contribution >= 4 is 35.4 Å². The van der Waals surface area contributed by atoms with Gasteiger partial charge in [0, 0.05) is 38.2 Å². The monoisotopic (exact) mass is 640 g/mol. The van der Waals surface area contributed by atoms with Crippen LogP contribution in [0.25, 0.3) is 11.1 Å². The van der Waals surface area contributed by atoms with Gasteiger partial charge in [-0.15, -0.1) is 0 Å². The van der Waals surface area contributed by atoms with Gasteiger partial charge in [-0.05, 0) is 40.8 Å². The van der Waals surface area contributed by atoms with Gasteiger partial charge in [-0.1, -0.05) is 54.6 Å². The molecule has 1 saturated heterocycles. The molecule has 3 aliphatic rings. The van der Waals surface area contributed by atoms with Crippen LogP contribution in [0.5, 0.6) is 0 Å². The number of benzene rings is 3. The number of carbonyl (C=O) groups is 5. The standard InChI is InChI=1S/C35H36N4O8/c1-38(35(44)47-21-27-24-9-4-2-7-22(24)23-8-3-5-10-25(23)27)16-18-46-20-19-45-17-15-36-28-12-6-11-26-31(28)34(43)39(33(26)42)29-13-14-30(40)37-32(29)41/h2-12,27,29,36H,13-21H2,1H3,(H,37,40,41). The van der Waals surface area contributed by atoms with Crippen LogP contribution in [-0.2, 0) is 23.8 Å². The summed E-state index contributed by atoms with van der Waals surface area (Å²) in [7, 11) is 1.67. The van der Waals surface area contributed by atoms with E-state index in [0.717, 1.165) is 16.0 Å². The summed E-state index contributed by atoms with van der Waals surface area (Å²) in [5, 5.41) is 5.33. The van der Waals surface area contributed by atoms with Crippen LogP contribution in [0, 0.1) is 0 Å². The van der Waals surface area contributed by atoms with Gasteiger partial charge < -0.3 is 24.4 Å². The Morgan fingerprint density at radius 2 is 1.51 bits per heavy atom. The van der Waals surface area contributed by atoms with Crippen molar-refractivity contribution in [2.75, 3.05) is 58.5 Å². The molecule has 1 fully saturated rings. The van der Waals surface area contributed by atoms with Crippen LogP contribution < -0.4 is 10.6 Å². The molecule has 0 bridgehead atoms. The summed E-state index contributed by atoms with van der Waals surface area (Å²) in [6.45, 7) is 2.26. The number of hydrogen-bond donors (Lipinski definition) is 2. The predicted octanol–water partition coefficient (Wildman–Crippen LogP) is 3.41. The van der Waals surface area contributed by atoms with Crippen molar-refractivity contribution in [1.29, 1.82) is 0 Å². The van der Waals surface area contributed by atoms with E-state index in [1.807, 2.05) is 24.3 Å². The fourth-order valence-electron chi connectivity index (χ4n) is 6.24. The Morgan fingerprint density at radius 3 is 2.21 bits per heavy atom. The third-order valence-electron chi connectivity index (χ3n) is 8.62. The molecule has 1 atom stereocenters. The minimum Gasteiger partial charge on any atom is -0.448 e. The highest BCUT2D eigenvalue weighted by Gasteiger charge is 2.45. The second-order valence-corrected chi connectivity index (χ2v) is 11.6. The summed E-state index contributed by atoms with van der Waals surface area (Å²) in [6, 6.07) is 20.3. The molecule has 1 unspecified atom stereocenters. The third-order valence-corrected chi connectivity index (χ3v) is 8.62. The van der Waals surface area contributed by atoms with Crippen molar-refractivity contribution in [1.82, 2.24) is 15.1 Å². The summed E-state index contributed by atoms with van der Waals surface area (Å²) in [5.74, 6) is -2.19. The van der Waals surface area contributed by atoms with E-state index in [1.54, 1.807) is 25.2 Å². The van der Waals surface area contributed by atoms with Crippen LogP contribution in [0.15, 0.2) is 66.7 Å². The van der Waals surface area contributed by atoms with Gasteiger partial charge in [0.15, 0.2) is 0 Å². The van der Waals surface area contributed by atoms with Gasteiger partial charge in [-0.2, -0.15) is 0 Å². The maximum Gasteiger partial charge on any atom is 0.409 e. The summed E-state index contributed by atoms with van der Waals surface area (Å²) in [4.78, 5) is 65.1. The van der Waals surface area contributed by atoms with Crippen molar-refractivity contribution in [2.45, 2.75) is 24.8 Å². The van der Waals surface area contributed by atoms with Crippen LogP contribution in [0.2, 0.25) is 0 Å². The minimum atomic E-state index is -1.02. The van der Waals surface area contributed by atoms with Crippen LogP contribution in [0.3, 0.4) is 0 Å². The van der Waals surface area contributed by atoms with Gasteiger partial charge in [0.2, 0.25) is 11.8 Å². The van der Waals surface area contributed by atoms with Crippen molar-refractivity contribution in [3.05, 3.63) is 89.0 Å². The highest BCUT2D eigenvalue weighted by Crippen LogP contribution is 2.44. The third kappa shape index (κ3) is 6.60. The first-order chi connectivity index (χ1) is 22.8. The van der Waals surface area contributed by atoms with E-state index in [2.05, 4.69) is 34.9 Å². The van der Waals surface area contributed by atoms with Crippen molar-refractivity contribution < 1.29 is 38.2 Å². The fourth-order valence-corrected chi connectivity index (χ4v) is 6.24. The molecule has 2 aliphatic heterocycles. The van der Waals surface area contributed by atoms with E-state index >= 15 is 0 Å². The molecule has 12 nitrogen and oxygen atoms in total. The first-order valence-corrected chi connectivity index (χ1v) is 15.6. The van der Waals surface area contributed by atoms with Crippen LogP contribution in [0.4, 0.5) is 10.5 Å². The molecule has 1 aliphatic carbocycles. The average Bonchev–Trinajstić information content (AvgIpc) is 3.53. The molecule has 6 rings (SSSR count). The smallest absolute Gasteiger partial charge is 0.409 e. The number of imide groups is 2. The molecule has 47 heavy (non-hydrogen) atoms. The molecule has 0 radical (unpaired) electrons. The maximum atomic E-state index is 13.2. The summed E-state index contributed by atoms with van der Waals surface area (Å²) in [6.07, 6.45) is -0.253. The first-order valence-electron chi connectivity index (χ1n) is 15.6. The largest absolute Gasteiger partial charge is 0.448 e. The number of anilines is 1. The number of likely N-dealkylation sites (N-methyl/N-ethyl adjacent to an activating group) is 1. The summed E-state index contributed by atoms with van der Waals surface area (Å²) < 4.78 is 16.9. The number of piperidine rings is 1. The van der Waals surface area contributed by atoms with Gasteiger partial charge in [0.1, 0.15) is 12.6 Å². The van der Waals surface area contributed by atoms with E-state index in [1.165, 1.54) is 16.0 Å². The second-order valence-electron chi connectivity index (χ2n) is 11.6. The minimum absolute atomic E-state index is 0.000884. The molecule has 0 saturated carbocycles. The van der Waals surface area contributed by atoms with Crippen LogP contribution >= 0.6 is 0 Å². The van der Waals surface area contributed by atoms with E-state index in [-0.39, 0.29) is 36.5 Å². The lowest BCUT2D eigenvalue weighted by Gasteiger charge is -2.27. The number of ether oxygens (including phenoxy) is 3. The van der Waals surface area contributed by atoms with Crippen molar-refractivity contribution in [2.24, 2.45) is 0 Å². The van der Waals surface area contributed by atoms with Crippen LogP contribution in [0.1, 0.15) is 50.6 Å². The molecular weight excluding hydrogens is 604 g/mol. The summed E-state index contributed by atoms with van der Waals surface area (Å²) in [5.41, 5.74) is 5.56. The quantitative estimate of drug-likeness (QED) is 0.212. The lowest BCUT2D eigenvalue weighted by atomic mass is 9.98. The topological polar surface area (TPSA) is 144 Å². The number of nitrogens with zero attached hydrogens (tertiary/aromatic N) is 2. The SMILES string of the molecule is CN(CCOCCOCCNc1cccc2c1C(=O)N(C1CCC(=O)NC1=O)C2=O)C(=O)OCC1c2ccccc2-c2ccccc21. The van der Waals surface area contributed by atoms with E-state index < -0.39 is 35.8 Å². The van der Waals surface area contributed by atoms with Gasteiger partial charge in [-0.3, -0.25) is 29.4 Å². The highest BCUT2D eigenvalue weighted by molar-refractivity contribution is 6.25. The maximum absolute atomic E-state index is 13.2. The van der Waals surface area contributed by atoms with E-state index in [0.29, 0.717) is 45.2 Å². The van der Waals surface area contributed by atoms with Gasteiger partial charge >= 0.3 is 6.09 Å². The molecule has 12 heteroatoms. The van der Waals surface area contributed by atoms with Crippen molar-refractivity contribution in [3.8, 4) is 11.1 Å². The number of amides is 5. The summed E-state index contributed by atoms with van der Waals surface area (Å²) >= 11 is 0. The first kappa shape index (κ1) is 31.9. The lowest BCUT2D eigenvalue weighted by molar-refractivity contribution is -0.136. The Morgan fingerprint density at radius 1 is 0.851 bits per heavy atom. The van der Waals surface area contributed by atoms with Crippen LogP contribution in [-0.4, -0.2) is 98.7 Å². The Balaban J connectivity index is 0.874. The molecule has 5 amide bonds. The lowest BCUT2D eigenvalue weighted by Crippen LogP contribution is -2.54. The zero-order chi connectivity index (χ0) is 32.9. The van der Waals surface area contributed by atoms with Gasteiger partial charge in [0.05, 0.1) is 37.6 Å². The molecule has 0 spiro atoms. The number of fused-ring (bicyclic) bond motifs is 4. The molecule has 3 aromatic rings. The number of rotatable bonds is 13. The van der Waals surface area contributed by atoms with Crippen molar-refractivity contribution in [3.63, 3.8) is 0 Å². The Hall–Kier alpha value is -5.07. The highest BCUT2D eigenvalue weighted by atomic mass is 16.6. The Kier molecular flexibility index (Phi) is 9.60. The predicted molar refractivity (Wildman–Crippen MR) is 171 cm³/mol. The fraction of sp³-hybridized carbons (Fsp3) is 0.343. The number of hydrogen-bond acceptors (Lipinski definition) is 9. The average molecular weight is 641 g/mol. The molecule has 2 N–H and O–H groups in total. The number of nitrogens with one attached hydrogen (secondary N) is 2. The van der Waals surface area contributed by atoms with E-state index in [9.17, 15) is 24.0 Å².